The molecule has 8 heteroatoms. The summed E-state index contributed by atoms with van der Waals surface area (Å²) in [7, 11) is -0.362. The summed E-state index contributed by atoms with van der Waals surface area (Å²) >= 11 is 0. The number of likely N-dealkylation sites (tertiary alicyclic amines) is 1. The number of hydrogen-bond donors (Lipinski definition) is 2. The van der Waals surface area contributed by atoms with E-state index in [1.54, 1.807) is 20.0 Å². The second-order valence-electron chi connectivity index (χ2n) is 6.34. The van der Waals surface area contributed by atoms with Crippen LogP contribution in [-0.4, -0.2) is 64.8 Å². The van der Waals surface area contributed by atoms with E-state index in [4.69, 9.17) is 4.74 Å². The summed E-state index contributed by atoms with van der Waals surface area (Å²) in [5.74, 6) is -0.0107. The van der Waals surface area contributed by atoms with Gasteiger partial charge in [-0.15, -0.1) is 0 Å². The Bertz CT molecular complexity index is 749. The number of amides is 1. The van der Waals surface area contributed by atoms with Gasteiger partial charge in [-0.05, 0) is 32.0 Å². The SMILES string of the molecule is CCN1CCC[C@@H]1CNC(=O)c1cc(S(=O)(=O)CC)c(NC)cc1OC. The number of methoxy groups -OCH3 is 1. The third kappa shape index (κ3) is 4.29. The van der Waals surface area contributed by atoms with Gasteiger partial charge in [0.05, 0.1) is 29.0 Å². The van der Waals surface area contributed by atoms with E-state index in [1.807, 2.05) is 0 Å². The Hall–Kier alpha value is -1.80. The molecule has 1 heterocycles. The van der Waals surface area contributed by atoms with Gasteiger partial charge >= 0.3 is 0 Å². The van der Waals surface area contributed by atoms with Gasteiger partial charge in [-0.2, -0.15) is 0 Å². The van der Waals surface area contributed by atoms with E-state index in [-0.39, 0.29) is 22.1 Å². The number of carbonyl (C=O) groups excluding carboxylic acids is 1. The van der Waals surface area contributed by atoms with Crippen molar-refractivity contribution in [3.63, 3.8) is 0 Å². The van der Waals surface area contributed by atoms with E-state index in [2.05, 4.69) is 22.5 Å². The maximum Gasteiger partial charge on any atom is 0.255 e. The Morgan fingerprint density at radius 2 is 2.08 bits per heavy atom. The lowest BCUT2D eigenvalue weighted by molar-refractivity contribution is 0.0938. The summed E-state index contributed by atoms with van der Waals surface area (Å²) in [6, 6.07) is 3.29. The Morgan fingerprint density at radius 1 is 1.35 bits per heavy atom. The van der Waals surface area contributed by atoms with Gasteiger partial charge < -0.3 is 15.4 Å². The predicted molar refractivity (Wildman–Crippen MR) is 103 cm³/mol. The molecule has 1 aromatic carbocycles. The minimum absolute atomic E-state index is 0.0391. The zero-order valence-corrected chi connectivity index (χ0v) is 16.8. The second-order valence-corrected chi connectivity index (χ2v) is 8.58. The van der Waals surface area contributed by atoms with Crippen molar-refractivity contribution in [2.45, 2.75) is 37.6 Å². The number of hydrogen-bond acceptors (Lipinski definition) is 6. The van der Waals surface area contributed by atoms with Crippen molar-refractivity contribution in [3.8, 4) is 5.75 Å². The molecule has 0 aromatic heterocycles. The van der Waals surface area contributed by atoms with E-state index < -0.39 is 9.84 Å². The molecule has 26 heavy (non-hydrogen) atoms. The highest BCUT2D eigenvalue weighted by Crippen LogP contribution is 2.31. The lowest BCUT2D eigenvalue weighted by Crippen LogP contribution is -2.40. The van der Waals surface area contributed by atoms with Crippen LogP contribution in [0.3, 0.4) is 0 Å². The van der Waals surface area contributed by atoms with E-state index >= 15 is 0 Å². The van der Waals surface area contributed by atoms with Crippen molar-refractivity contribution in [2.24, 2.45) is 0 Å². The van der Waals surface area contributed by atoms with E-state index in [1.165, 1.54) is 13.2 Å². The third-order valence-corrected chi connectivity index (χ3v) is 6.70. The molecule has 2 N–H and O–H groups in total. The number of sulfone groups is 1. The number of ether oxygens (including phenoxy) is 1. The molecule has 1 aromatic rings. The van der Waals surface area contributed by atoms with Crippen LogP contribution in [0, 0.1) is 0 Å². The average Bonchev–Trinajstić information content (AvgIpc) is 3.12. The van der Waals surface area contributed by atoms with Gasteiger partial charge in [0.2, 0.25) is 0 Å². The van der Waals surface area contributed by atoms with Crippen LogP contribution in [0.1, 0.15) is 37.0 Å². The molecule has 1 saturated heterocycles. The highest BCUT2D eigenvalue weighted by Gasteiger charge is 2.26. The molecule has 0 radical (unpaired) electrons. The van der Waals surface area contributed by atoms with Crippen LogP contribution in [-0.2, 0) is 9.84 Å². The Kier molecular flexibility index (Phi) is 6.88. The molecule has 0 unspecified atom stereocenters. The molecule has 0 spiro atoms. The first-order chi connectivity index (χ1) is 12.4. The second kappa shape index (κ2) is 8.73. The minimum Gasteiger partial charge on any atom is -0.496 e. The molecule has 0 bridgehead atoms. The summed E-state index contributed by atoms with van der Waals surface area (Å²) < 4.78 is 30.1. The molecule has 146 valence electrons. The molecule has 2 rings (SSSR count). The maximum atomic E-state index is 12.7. The third-order valence-electron chi connectivity index (χ3n) is 4.93. The van der Waals surface area contributed by atoms with Crippen molar-refractivity contribution in [1.82, 2.24) is 10.2 Å². The minimum atomic E-state index is -3.47. The summed E-state index contributed by atoms with van der Waals surface area (Å²) in [5, 5.41) is 5.81. The zero-order valence-electron chi connectivity index (χ0n) is 16.0. The van der Waals surface area contributed by atoms with Crippen LogP contribution in [0.15, 0.2) is 17.0 Å². The largest absolute Gasteiger partial charge is 0.496 e. The molecule has 1 aliphatic rings. The van der Waals surface area contributed by atoms with Crippen molar-refractivity contribution in [2.75, 3.05) is 44.9 Å². The van der Waals surface area contributed by atoms with Gasteiger partial charge in [0.15, 0.2) is 9.84 Å². The standard InChI is InChI=1S/C18H29N3O4S/c1-5-21-9-7-8-13(21)12-20-18(22)14-10-17(26(23,24)6-2)15(19-3)11-16(14)25-4/h10-11,13,19H,5-9,12H2,1-4H3,(H,20,22)/t13-/m1/s1. The highest BCUT2D eigenvalue weighted by molar-refractivity contribution is 7.91. The summed E-state index contributed by atoms with van der Waals surface area (Å²) in [4.78, 5) is 15.2. The molecular weight excluding hydrogens is 354 g/mol. The van der Waals surface area contributed by atoms with Gasteiger partial charge in [-0.25, -0.2) is 8.42 Å². The van der Waals surface area contributed by atoms with E-state index in [0.717, 1.165) is 25.9 Å². The fourth-order valence-corrected chi connectivity index (χ4v) is 4.47. The lowest BCUT2D eigenvalue weighted by Gasteiger charge is -2.23. The van der Waals surface area contributed by atoms with Gasteiger partial charge in [0.1, 0.15) is 5.75 Å². The first-order valence-corrected chi connectivity index (χ1v) is 10.7. The van der Waals surface area contributed by atoms with Gasteiger partial charge in [-0.1, -0.05) is 13.8 Å². The zero-order chi connectivity index (χ0) is 19.3. The van der Waals surface area contributed by atoms with Crippen LogP contribution in [0.4, 0.5) is 5.69 Å². The monoisotopic (exact) mass is 383 g/mol. The normalized spacial score (nSPS) is 17.9. The van der Waals surface area contributed by atoms with Crippen LogP contribution >= 0.6 is 0 Å². The number of nitrogens with one attached hydrogen (secondary N) is 2. The molecule has 1 atom stereocenters. The summed E-state index contributed by atoms with van der Waals surface area (Å²) in [5.41, 5.74) is 0.660. The highest BCUT2D eigenvalue weighted by atomic mass is 32.2. The van der Waals surface area contributed by atoms with Crippen molar-refractivity contribution in [1.29, 1.82) is 0 Å². The number of nitrogens with zero attached hydrogens (tertiary/aromatic N) is 1. The Balaban J connectivity index is 2.29. The molecule has 7 nitrogen and oxygen atoms in total. The van der Waals surface area contributed by atoms with Crippen molar-refractivity contribution >= 4 is 21.4 Å². The Morgan fingerprint density at radius 3 is 2.65 bits per heavy atom. The van der Waals surface area contributed by atoms with Gasteiger partial charge in [0, 0.05) is 25.7 Å². The molecule has 0 saturated carbocycles. The maximum absolute atomic E-state index is 12.7. The molecule has 1 aliphatic heterocycles. The van der Waals surface area contributed by atoms with Crippen LogP contribution in [0.2, 0.25) is 0 Å². The summed E-state index contributed by atoms with van der Waals surface area (Å²) in [6.07, 6.45) is 2.19. The van der Waals surface area contributed by atoms with E-state index in [9.17, 15) is 13.2 Å². The quantitative estimate of drug-likeness (QED) is 0.711. The first-order valence-electron chi connectivity index (χ1n) is 9.02. The molecule has 0 aliphatic carbocycles. The number of benzene rings is 1. The fraction of sp³-hybridized carbons (Fsp3) is 0.611. The lowest BCUT2D eigenvalue weighted by atomic mass is 10.1. The van der Waals surface area contributed by atoms with Crippen LogP contribution in [0.5, 0.6) is 5.75 Å². The number of rotatable bonds is 8. The van der Waals surface area contributed by atoms with Crippen LogP contribution < -0.4 is 15.4 Å². The van der Waals surface area contributed by atoms with E-state index in [0.29, 0.717) is 24.0 Å². The predicted octanol–water partition coefficient (Wildman–Crippen LogP) is 1.74. The average molecular weight is 384 g/mol. The number of anilines is 1. The van der Waals surface area contributed by atoms with Gasteiger partial charge in [0.25, 0.3) is 5.91 Å². The molecule has 1 fully saturated rings. The topological polar surface area (TPSA) is 87.7 Å². The smallest absolute Gasteiger partial charge is 0.255 e. The van der Waals surface area contributed by atoms with Gasteiger partial charge in [-0.3, -0.25) is 9.69 Å². The summed E-state index contributed by atoms with van der Waals surface area (Å²) in [6.45, 7) is 6.24. The number of likely N-dealkylation sites (N-methyl/N-ethyl adjacent to an activating group) is 1. The molecular formula is C18H29N3O4S. The van der Waals surface area contributed by atoms with Crippen molar-refractivity contribution in [3.05, 3.63) is 17.7 Å². The van der Waals surface area contributed by atoms with Crippen molar-refractivity contribution < 1.29 is 17.9 Å². The first kappa shape index (κ1) is 20.5. The Labute approximate surface area is 156 Å². The molecule has 1 amide bonds. The fourth-order valence-electron chi connectivity index (χ4n) is 3.36. The van der Waals surface area contributed by atoms with Crippen LogP contribution in [0.25, 0.3) is 0 Å². The number of carbonyl (C=O) groups is 1.